The zero-order valence-corrected chi connectivity index (χ0v) is 11.6. The summed E-state index contributed by atoms with van der Waals surface area (Å²) in [6.45, 7) is 3.58. The Hall–Kier alpha value is -1.46. The van der Waals surface area contributed by atoms with Gasteiger partial charge in [-0.1, -0.05) is 11.8 Å². The van der Waals surface area contributed by atoms with Gasteiger partial charge >= 0.3 is 0 Å². The molecular formula is C14H16N2O2S. The van der Waals surface area contributed by atoms with E-state index >= 15 is 0 Å². The number of thioether (sulfide) groups is 1. The molecule has 0 saturated heterocycles. The summed E-state index contributed by atoms with van der Waals surface area (Å²) in [5, 5.41) is 10.6. The molecule has 19 heavy (non-hydrogen) atoms. The quantitative estimate of drug-likeness (QED) is 0.932. The lowest BCUT2D eigenvalue weighted by molar-refractivity contribution is 0.271. The number of aliphatic hydroxyl groups is 1. The third-order valence-electron chi connectivity index (χ3n) is 3.17. The van der Waals surface area contributed by atoms with Crippen molar-refractivity contribution in [2.75, 3.05) is 12.4 Å². The Morgan fingerprint density at radius 1 is 1.37 bits per heavy atom. The Bertz CT molecular complexity index is 578. The zero-order valence-electron chi connectivity index (χ0n) is 10.8. The van der Waals surface area contributed by atoms with E-state index in [1.165, 1.54) is 0 Å². The van der Waals surface area contributed by atoms with Crippen LogP contribution in [0.15, 0.2) is 29.4 Å². The number of benzene rings is 1. The van der Waals surface area contributed by atoms with Crippen molar-refractivity contribution in [3.63, 3.8) is 0 Å². The van der Waals surface area contributed by atoms with Gasteiger partial charge < -0.3 is 14.4 Å². The van der Waals surface area contributed by atoms with Crippen molar-refractivity contribution in [3.8, 4) is 17.0 Å². The molecule has 2 heterocycles. The maximum Gasteiger partial charge on any atom is 0.168 e. The Kier molecular flexibility index (Phi) is 3.48. The van der Waals surface area contributed by atoms with Crippen LogP contribution in [-0.4, -0.2) is 27.0 Å². The van der Waals surface area contributed by atoms with Gasteiger partial charge in [0.15, 0.2) is 5.16 Å². The number of imidazole rings is 1. The molecule has 1 aromatic carbocycles. The highest BCUT2D eigenvalue weighted by Crippen LogP contribution is 2.33. The molecule has 3 rings (SSSR count). The lowest BCUT2D eigenvalue weighted by atomic mass is 10.1. The fraction of sp³-hybridized carbons (Fsp3) is 0.357. The van der Waals surface area contributed by atoms with Gasteiger partial charge in [-0.25, -0.2) is 4.98 Å². The highest BCUT2D eigenvalue weighted by atomic mass is 32.2. The first-order chi connectivity index (χ1) is 9.33. The predicted molar refractivity (Wildman–Crippen MR) is 75.5 cm³/mol. The molecule has 1 aliphatic heterocycles. The van der Waals surface area contributed by atoms with Gasteiger partial charge in [-0.2, -0.15) is 0 Å². The lowest BCUT2D eigenvalue weighted by Crippen LogP contribution is -2.01. The molecule has 0 amide bonds. The molecule has 0 saturated carbocycles. The van der Waals surface area contributed by atoms with Crippen molar-refractivity contribution in [3.05, 3.63) is 30.0 Å². The average Bonchev–Trinajstić information content (AvgIpc) is 3.00. The largest absolute Gasteiger partial charge is 0.494 e. The van der Waals surface area contributed by atoms with Gasteiger partial charge in [0.1, 0.15) is 5.75 Å². The lowest BCUT2D eigenvalue weighted by Gasteiger charge is -2.06. The first-order valence-corrected chi connectivity index (χ1v) is 7.38. The predicted octanol–water partition coefficient (Wildman–Crippen LogP) is 2.55. The van der Waals surface area contributed by atoms with Crippen LogP contribution in [0.4, 0.5) is 0 Å². The van der Waals surface area contributed by atoms with Gasteiger partial charge in [-0.15, -0.1) is 0 Å². The fourth-order valence-electron chi connectivity index (χ4n) is 2.30. The summed E-state index contributed by atoms with van der Waals surface area (Å²) in [5.41, 5.74) is 2.81. The summed E-state index contributed by atoms with van der Waals surface area (Å²) in [6.07, 6.45) is 0. The molecule has 0 radical (unpaired) electrons. The van der Waals surface area contributed by atoms with Crippen LogP contribution in [0.25, 0.3) is 11.3 Å². The van der Waals surface area contributed by atoms with Crippen molar-refractivity contribution in [2.45, 2.75) is 25.2 Å². The van der Waals surface area contributed by atoms with Crippen LogP contribution in [0, 0.1) is 0 Å². The van der Waals surface area contributed by atoms with Gasteiger partial charge in [0.2, 0.25) is 0 Å². The molecule has 100 valence electrons. The number of fused-ring (bicyclic) bond motifs is 1. The second-order valence-corrected chi connectivity index (χ2v) is 5.37. The molecule has 1 aromatic heterocycles. The Labute approximate surface area is 116 Å². The number of aromatic nitrogens is 2. The molecule has 4 nitrogen and oxygen atoms in total. The van der Waals surface area contributed by atoms with Crippen LogP contribution in [0.3, 0.4) is 0 Å². The third kappa shape index (κ3) is 2.24. The van der Waals surface area contributed by atoms with Gasteiger partial charge in [-0.05, 0) is 31.2 Å². The molecule has 0 atom stereocenters. The van der Waals surface area contributed by atoms with Gasteiger partial charge in [0.05, 0.1) is 24.6 Å². The smallest absolute Gasteiger partial charge is 0.168 e. The normalized spacial score (nSPS) is 13.6. The molecule has 0 unspecified atom stereocenters. The molecule has 0 bridgehead atoms. The number of nitrogens with zero attached hydrogens (tertiary/aromatic N) is 2. The van der Waals surface area contributed by atoms with Crippen LogP contribution < -0.4 is 4.74 Å². The second-order valence-electron chi connectivity index (χ2n) is 4.31. The van der Waals surface area contributed by atoms with Crippen LogP contribution in [0.1, 0.15) is 12.6 Å². The van der Waals surface area contributed by atoms with Crippen molar-refractivity contribution < 1.29 is 9.84 Å². The van der Waals surface area contributed by atoms with E-state index in [-0.39, 0.29) is 6.61 Å². The number of hydrogen-bond acceptors (Lipinski definition) is 4. The average molecular weight is 276 g/mol. The number of rotatable bonds is 4. The monoisotopic (exact) mass is 276 g/mol. The maximum absolute atomic E-state index is 9.58. The van der Waals surface area contributed by atoms with E-state index in [0.29, 0.717) is 6.61 Å². The van der Waals surface area contributed by atoms with Crippen molar-refractivity contribution in [2.24, 2.45) is 0 Å². The number of hydrogen-bond donors (Lipinski definition) is 1. The minimum Gasteiger partial charge on any atom is -0.494 e. The summed E-state index contributed by atoms with van der Waals surface area (Å²) >= 11 is 1.74. The summed E-state index contributed by atoms with van der Waals surface area (Å²) < 4.78 is 7.54. The molecule has 2 aromatic rings. The number of aliphatic hydroxyl groups excluding tert-OH is 1. The molecule has 0 fully saturated rings. The van der Waals surface area contributed by atoms with E-state index in [4.69, 9.17) is 4.74 Å². The van der Waals surface area contributed by atoms with Crippen LogP contribution in [0.2, 0.25) is 0 Å². The zero-order chi connectivity index (χ0) is 13.2. The van der Waals surface area contributed by atoms with E-state index in [9.17, 15) is 5.11 Å². The van der Waals surface area contributed by atoms with Crippen molar-refractivity contribution in [1.29, 1.82) is 0 Å². The Morgan fingerprint density at radius 3 is 2.84 bits per heavy atom. The van der Waals surface area contributed by atoms with Crippen molar-refractivity contribution in [1.82, 2.24) is 9.55 Å². The highest BCUT2D eigenvalue weighted by molar-refractivity contribution is 7.99. The minimum absolute atomic E-state index is 0.0239. The van der Waals surface area contributed by atoms with E-state index in [1.807, 2.05) is 31.2 Å². The Balaban J connectivity index is 1.97. The Morgan fingerprint density at radius 2 is 2.16 bits per heavy atom. The van der Waals surface area contributed by atoms with E-state index < -0.39 is 0 Å². The molecule has 5 heteroatoms. The third-order valence-corrected chi connectivity index (χ3v) is 4.13. The second kappa shape index (κ2) is 5.27. The molecule has 0 spiro atoms. The summed E-state index contributed by atoms with van der Waals surface area (Å²) in [6, 6.07) is 7.87. The summed E-state index contributed by atoms with van der Waals surface area (Å²) in [7, 11) is 0. The van der Waals surface area contributed by atoms with Gasteiger partial charge in [-0.3, -0.25) is 0 Å². The van der Waals surface area contributed by atoms with Gasteiger partial charge in [0.25, 0.3) is 0 Å². The van der Waals surface area contributed by atoms with Crippen LogP contribution >= 0.6 is 11.8 Å². The first kappa shape index (κ1) is 12.6. The van der Waals surface area contributed by atoms with Crippen LogP contribution in [-0.2, 0) is 13.2 Å². The minimum atomic E-state index is 0.0239. The highest BCUT2D eigenvalue weighted by Gasteiger charge is 2.21. The topological polar surface area (TPSA) is 47.3 Å². The SMILES string of the molecule is CCOc1ccc(-c2nc3n(c2CO)CCS3)cc1. The maximum atomic E-state index is 9.58. The first-order valence-electron chi connectivity index (χ1n) is 6.39. The van der Waals surface area contributed by atoms with Gasteiger partial charge in [0, 0.05) is 17.9 Å². The van der Waals surface area contributed by atoms with E-state index in [1.54, 1.807) is 11.8 Å². The summed E-state index contributed by atoms with van der Waals surface area (Å²) in [5.74, 6) is 1.90. The fourth-order valence-corrected chi connectivity index (χ4v) is 3.27. The molecule has 0 aliphatic carbocycles. The molecule has 1 aliphatic rings. The van der Waals surface area contributed by atoms with Crippen LogP contribution in [0.5, 0.6) is 5.75 Å². The molecular weight excluding hydrogens is 260 g/mol. The standard InChI is InChI=1S/C14H16N2O2S/c1-2-18-11-5-3-10(4-6-11)13-12(9-17)16-7-8-19-14(16)15-13/h3-6,17H,2,7-9H2,1H3. The van der Waals surface area contributed by atoms with E-state index in [0.717, 1.165) is 40.2 Å². The van der Waals surface area contributed by atoms with E-state index in [2.05, 4.69) is 9.55 Å². The van der Waals surface area contributed by atoms with Crippen molar-refractivity contribution >= 4 is 11.8 Å². The number of ether oxygens (including phenoxy) is 1. The molecule has 1 N–H and O–H groups in total. The summed E-state index contributed by atoms with van der Waals surface area (Å²) in [4.78, 5) is 4.63.